The quantitative estimate of drug-likeness (QED) is 0.922. The summed E-state index contributed by atoms with van der Waals surface area (Å²) >= 11 is 5.79. The maximum atomic E-state index is 12.0. The average Bonchev–Trinajstić information content (AvgIpc) is 2.41. The molecule has 1 amide bonds. The van der Waals surface area contributed by atoms with Gasteiger partial charge >= 0.3 is 0 Å². The molecule has 0 radical (unpaired) electrons. The van der Waals surface area contributed by atoms with E-state index in [0.717, 1.165) is 11.3 Å². The van der Waals surface area contributed by atoms with Crippen molar-refractivity contribution in [2.45, 2.75) is 6.92 Å². The van der Waals surface area contributed by atoms with Gasteiger partial charge < -0.3 is 10.1 Å². The Bertz CT molecular complexity index is 594. The fourth-order valence-corrected chi connectivity index (χ4v) is 1.83. The molecule has 1 N–H and O–H groups in total. The molecule has 19 heavy (non-hydrogen) atoms. The first-order chi connectivity index (χ1) is 9.10. The summed E-state index contributed by atoms with van der Waals surface area (Å²) in [6.07, 6.45) is 0. The maximum Gasteiger partial charge on any atom is 0.255 e. The number of benzene rings is 2. The van der Waals surface area contributed by atoms with Crippen molar-refractivity contribution in [2.24, 2.45) is 0 Å². The van der Waals surface area contributed by atoms with Gasteiger partial charge in [0.05, 0.1) is 7.11 Å². The van der Waals surface area contributed by atoms with E-state index >= 15 is 0 Å². The third kappa shape index (κ3) is 3.26. The fourth-order valence-electron chi connectivity index (χ4n) is 1.70. The maximum absolute atomic E-state index is 12.0. The van der Waals surface area contributed by atoms with Gasteiger partial charge in [-0.3, -0.25) is 4.79 Å². The summed E-state index contributed by atoms with van der Waals surface area (Å²) in [7, 11) is 1.60. The molecule has 3 nitrogen and oxygen atoms in total. The van der Waals surface area contributed by atoms with E-state index in [2.05, 4.69) is 5.32 Å². The summed E-state index contributed by atoms with van der Waals surface area (Å²) in [6.45, 7) is 1.95. The number of anilines is 1. The molecule has 98 valence electrons. The predicted molar refractivity (Wildman–Crippen MR) is 77.1 cm³/mol. The summed E-state index contributed by atoms with van der Waals surface area (Å²) in [5.41, 5.74) is 2.28. The Morgan fingerprint density at radius 2 is 1.84 bits per heavy atom. The Labute approximate surface area is 117 Å². The second-order valence-electron chi connectivity index (χ2n) is 4.15. The number of hydrogen-bond acceptors (Lipinski definition) is 2. The highest BCUT2D eigenvalue weighted by atomic mass is 35.5. The number of hydrogen-bond donors (Lipinski definition) is 1. The zero-order valence-electron chi connectivity index (χ0n) is 10.7. The second kappa shape index (κ2) is 5.76. The van der Waals surface area contributed by atoms with Crippen molar-refractivity contribution in [1.82, 2.24) is 0 Å². The van der Waals surface area contributed by atoms with Gasteiger partial charge in [0.25, 0.3) is 5.91 Å². The summed E-state index contributed by atoms with van der Waals surface area (Å²) in [4.78, 5) is 12.0. The van der Waals surface area contributed by atoms with Gasteiger partial charge in [-0.2, -0.15) is 0 Å². The number of amides is 1. The van der Waals surface area contributed by atoms with Crippen LogP contribution in [-0.2, 0) is 0 Å². The van der Waals surface area contributed by atoms with Crippen LogP contribution >= 0.6 is 11.6 Å². The van der Waals surface area contributed by atoms with E-state index in [0.29, 0.717) is 16.3 Å². The van der Waals surface area contributed by atoms with Gasteiger partial charge in [-0.05, 0) is 42.8 Å². The van der Waals surface area contributed by atoms with Crippen molar-refractivity contribution in [3.63, 3.8) is 0 Å². The molecule has 0 saturated carbocycles. The molecule has 0 bridgehead atoms. The highest BCUT2D eigenvalue weighted by Gasteiger charge is 2.07. The van der Waals surface area contributed by atoms with Crippen LogP contribution in [0, 0.1) is 6.92 Å². The Balaban J connectivity index is 2.17. The van der Waals surface area contributed by atoms with Gasteiger partial charge in [0, 0.05) is 22.3 Å². The van der Waals surface area contributed by atoms with E-state index in [9.17, 15) is 4.79 Å². The van der Waals surface area contributed by atoms with E-state index in [-0.39, 0.29) is 5.91 Å². The molecule has 4 heteroatoms. The van der Waals surface area contributed by atoms with Crippen LogP contribution in [0.25, 0.3) is 0 Å². The summed E-state index contributed by atoms with van der Waals surface area (Å²) < 4.78 is 5.22. The standard InChI is InChI=1S/C15H14ClNO2/c1-10-3-8-13(9-14(10)19-2)17-15(18)11-4-6-12(16)7-5-11/h3-9H,1-2H3,(H,17,18). The van der Waals surface area contributed by atoms with E-state index in [4.69, 9.17) is 16.3 Å². The van der Waals surface area contributed by atoms with E-state index in [1.165, 1.54) is 0 Å². The number of halogens is 1. The number of carbonyl (C=O) groups is 1. The molecule has 0 aliphatic heterocycles. The van der Waals surface area contributed by atoms with Crippen LogP contribution < -0.4 is 10.1 Å². The third-order valence-electron chi connectivity index (χ3n) is 2.77. The zero-order valence-corrected chi connectivity index (χ0v) is 11.5. The molecule has 0 unspecified atom stereocenters. The normalized spacial score (nSPS) is 10.1. The minimum Gasteiger partial charge on any atom is -0.496 e. The number of ether oxygens (including phenoxy) is 1. The first-order valence-corrected chi connectivity index (χ1v) is 6.19. The molecule has 0 atom stereocenters. The molecular formula is C15H14ClNO2. The number of nitrogens with one attached hydrogen (secondary N) is 1. The van der Waals surface area contributed by atoms with E-state index in [1.54, 1.807) is 37.4 Å². The van der Waals surface area contributed by atoms with Crippen LogP contribution in [-0.4, -0.2) is 13.0 Å². The van der Waals surface area contributed by atoms with Crippen LogP contribution in [0.1, 0.15) is 15.9 Å². The summed E-state index contributed by atoms with van der Waals surface area (Å²) in [5.74, 6) is 0.566. The molecular weight excluding hydrogens is 262 g/mol. The number of methoxy groups -OCH3 is 1. The lowest BCUT2D eigenvalue weighted by atomic mass is 10.2. The Morgan fingerprint density at radius 1 is 1.16 bits per heavy atom. The highest BCUT2D eigenvalue weighted by Crippen LogP contribution is 2.22. The van der Waals surface area contributed by atoms with Crippen molar-refractivity contribution >= 4 is 23.2 Å². The molecule has 0 aliphatic carbocycles. The van der Waals surface area contributed by atoms with Crippen LogP contribution in [0.4, 0.5) is 5.69 Å². The minimum absolute atomic E-state index is 0.178. The van der Waals surface area contributed by atoms with Crippen LogP contribution in [0.5, 0.6) is 5.75 Å². The fraction of sp³-hybridized carbons (Fsp3) is 0.133. The van der Waals surface area contributed by atoms with Gasteiger partial charge in [0.15, 0.2) is 0 Å². The first-order valence-electron chi connectivity index (χ1n) is 5.81. The van der Waals surface area contributed by atoms with Gasteiger partial charge in [0.2, 0.25) is 0 Å². The lowest BCUT2D eigenvalue weighted by molar-refractivity contribution is 0.102. The van der Waals surface area contributed by atoms with Crippen molar-refractivity contribution in [3.05, 3.63) is 58.6 Å². The molecule has 2 aromatic rings. The lowest BCUT2D eigenvalue weighted by Crippen LogP contribution is -2.11. The summed E-state index contributed by atoms with van der Waals surface area (Å²) in [6, 6.07) is 12.3. The molecule has 0 aromatic heterocycles. The topological polar surface area (TPSA) is 38.3 Å². The Morgan fingerprint density at radius 3 is 2.47 bits per heavy atom. The molecule has 0 aliphatic rings. The van der Waals surface area contributed by atoms with E-state index < -0.39 is 0 Å². The summed E-state index contributed by atoms with van der Waals surface area (Å²) in [5, 5.41) is 3.42. The van der Waals surface area contributed by atoms with Crippen LogP contribution in [0.2, 0.25) is 5.02 Å². The SMILES string of the molecule is COc1cc(NC(=O)c2ccc(Cl)cc2)ccc1C. The van der Waals surface area contributed by atoms with Gasteiger partial charge in [-0.15, -0.1) is 0 Å². The minimum atomic E-state index is -0.178. The monoisotopic (exact) mass is 275 g/mol. The molecule has 0 heterocycles. The van der Waals surface area contributed by atoms with E-state index in [1.807, 2.05) is 19.1 Å². The van der Waals surface area contributed by atoms with Gasteiger partial charge in [-0.1, -0.05) is 17.7 Å². The van der Waals surface area contributed by atoms with Crippen molar-refractivity contribution in [1.29, 1.82) is 0 Å². The van der Waals surface area contributed by atoms with Crippen LogP contribution in [0.15, 0.2) is 42.5 Å². The molecule has 0 fully saturated rings. The lowest BCUT2D eigenvalue weighted by Gasteiger charge is -2.09. The Kier molecular flexibility index (Phi) is 4.07. The van der Waals surface area contributed by atoms with Gasteiger partial charge in [-0.25, -0.2) is 0 Å². The molecule has 2 aromatic carbocycles. The number of rotatable bonds is 3. The van der Waals surface area contributed by atoms with Crippen molar-refractivity contribution in [2.75, 3.05) is 12.4 Å². The molecule has 2 rings (SSSR count). The van der Waals surface area contributed by atoms with Crippen molar-refractivity contribution in [3.8, 4) is 5.75 Å². The largest absolute Gasteiger partial charge is 0.496 e. The number of aryl methyl sites for hydroxylation is 1. The van der Waals surface area contributed by atoms with Gasteiger partial charge in [0.1, 0.15) is 5.75 Å². The Hall–Kier alpha value is -2.00. The highest BCUT2D eigenvalue weighted by molar-refractivity contribution is 6.30. The second-order valence-corrected chi connectivity index (χ2v) is 4.58. The average molecular weight is 276 g/mol. The number of carbonyl (C=O) groups excluding carboxylic acids is 1. The third-order valence-corrected chi connectivity index (χ3v) is 3.02. The zero-order chi connectivity index (χ0) is 13.8. The smallest absolute Gasteiger partial charge is 0.255 e. The predicted octanol–water partition coefficient (Wildman–Crippen LogP) is 3.91. The molecule has 0 saturated heterocycles. The van der Waals surface area contributed by atoms with Crippen molar-refractivity contribution < 1.29 is 9.53 Å². The first kappa shape index (κ1) is 13.4. The molecule has 0 spiro atoms. The van der Waals surface area contributed by atoms with Crippen LogP contribution in [0.3, 0.4) is 0 Å².